The van der Waals surface area contributed by atoms with Crippen LogP contribution in [0.1, 0.15) is 1.43 Å². The third kappa shape index (κ3) is 8.93. The summed E-state index contributed by atoms with van der Waals surface area (Å²) in [6.07, 6.45) is 0. The minimum Gasteiger partial charge on any atom is -1.00 e. The maximum atomic E-state index is 0. The molecule has 0 atom stereocenters. The second kappa shape index (κ2) is 19.4. The molecule has 0 spiro atoms. The molecular formula is HCoCuLiNi. The molecule has 0 aliphatic rings. The molecule has 0 fully saturated rings. The van der Waals surface area contributed by atoms with E-state index < -0.39 is 0 Å². The fourth-order valence-corrected chi connectivity index (χ4v) is 0. The Morgan fingerprint density at radius 3 is 1.25 bits per heavy atom. The van der Waals surface area contributed by atoms with Crippen molar-refractivity contribution in [1.29, 1.82) is 0 Å². The van der Waals surface area contributed by atoms with Crippen molar-refractivity contribution >= 4 is 0 Å². The van der Waals surface area contributed by atoms with E-state index in [4.69, 9.17) is 0 Å². The Morgan fingerprint density at radius 1 is 1.25 bits per heavy atom. The predicted octanol–water partition coefficient (Wildman–Crippen LogP) is -2.89. The SMILES string of the molecule is [Co].[Cu].[H-].[Li+].[Ni]. The van der Waals surface area contributed by atoms with Gasteiger partial charge >= 0.3 is 18.9 Å². The van der Waals surface area contributed by atoms with Crippen LogP contribution in [0.15, 0.2) is 0 Å². The van der Waals surface area contributed by atoms with Crippen molar-refractivity contribution in [3.8, 4) is 0 Å². The summed E-state index contributed by atoms with van der Waals surface area (Å²) in [6, 6.07) is 0. The van der Waals surface area contributed by atoms with E-state index in [9.17, 15) is 0 Å². The van der Waals surface area contributed by atoms with Gasteiger partial charge in [-0.2, -0.15) is 0 Å². The summed E-state index contributed by atoms with van der Waals surface area (Å²) in [5.41, 5.74) is 0. The maximum Gasteiger partial charge on any atom is 1.00 e. The topological polar surface area (TPSA) is 0 Å². The van der Waals surface area contributed by atoms with Gasteiger partial charge in [-0.15, -0.1) is 0 Å². The van der Waals surface area contributed by atoms with Crippen LogP contribution in [-0.4, -0.2) is 0 Å². The first-order valence-electron chi connectivity index (χ1n) is 0. The second-order valence-electron chi connectivity index (χ2n) is 0. The normalized spacial score (nSPS) is 0. The first-order valence-corrected chi connectivity index (χ1v) is 0. The van der Waals surface area contributed by atoms with Crippen molar-refractivity contribution in [2.75, 3.05) is 0 Å². The monoisotopic (exact) mass is 188 g/mol. The van der Waals surface area contributed by atoms with Gasteiger partial charge in [0.25, 0.3) is 0 Å². The molecule has 4 heavy (non-hydrogen) atoms. The molecule has 0 aliphatic heterocycles. The van der Waals surface area contributed by atoms with Crippen LogP contribution in [0, 0.1) is 0 Å². The van der Waals surface area contributed by atoms with Crippen molar-refractivity contribution < 1.29 is 70.6 Å². The third-order valence-corrected chi connectivity index (χ3v) is 0. The van der Waals surface area contributed by atoms with Crippen LogP contribution in [0.25, 0.3) is 0 Å². The van der Waals surface area contributed by atoms with E-state index in [1.54, 1.807) is 0 Å². The largest absolute Gasteiger partial charge is 1.00 e. The Kier molecular flexibility index (Phi) is 173. The summed E-state index contributed by atoms with van der Waals surface area (Å²) in [6.45, 7) is 0. The van der Waals surface area contributed by atoms with Gasteiger partial charge in [-0.25, -0.2) is 0 Å². The van der Waals surface area contributed by atoms with Crippen LogP contribution >= 0.6 is 0 Å². The Morgan fingerprint density at radius 2 is 1.25 bits per heavy atom. The molecule has 0 nitrogen and oxygen atoms in total. The maximum absolute atomic E-state index is 0. The molecule has 0 aliphatic carbocycles. The Bertz CT molecular complexity index is 11.6. The van der Waals surface area contributed by atoms with E-state index in [-0.39, 0.29) is 70.6 Å². The average Bonchev–Trinajstić information content (AvgIpc) is 0. The summed E-state index contributed by atoms with van der Waals surface area (Å²) >= 11 is 0. The van der Waals surface area contributed by atoms with Crippen LogP contribution in [0.4, 0.5) is 0 Å². The van der Waals surface area contributed by atoms with Gasteiger partial charge in [0.1, 0.15) is 0 Å². The van der Waals surface area contributed by atoms with Crippen molar-refractivity contribution in [1.82, 2.24) is 0 Å². The number of rotatable bonds is 0. The molecule has 0 amide bonds. The number of hydrogen-bond acceptors (Lipinski definition) is 0. The molecule has 0 saturated heterocycles. The first-order chi connectivity index (χ1) is 0. The van der Waals surface area contributed by atoms with E-state index in [2.05, 4.69) is 0 Å². The van der Waals surface area contributed by atoms with Gasteiger partial charge in [0.05, 0.1) is 0 Å². The van der Waals surface area contributed by atoms with E-state index in [1.807, 2.05) is 0 Å². The Labute approximate surface area is 70.1 Å². The average molecular weight is 189 g/mol. The molecule has 32 valence electrons. The molecule has 0 N–H and O–H groups in total. The van der Waals surface area contributed by atoms with Gasteiger partial charge in [0.15, 0.2) is 0 Å². The molecule has 4 heteroatoms. The van der Waals surface area contributed by atoms with Crippen LogP contribution in [0.2, 0.25) is 0 Å². The molecule has 2 radical (unpaired) electrons. The van der Waals surface area contributed by atoms with Gasteiger partial charge < -0.3 is 1.43 Å². The van der Waals surface area contributed by atoms with Crippen molar-refractivity contribution in [2.24, 2.45) is 0 Å². The van der Waals surface area contributed by atoms with Gasteiger partial charge in [0.2, 0.25) is 0 Å². The zero-order valence-corrected chi connectivity index (χ0v) is 4.92. The Hall–Kier alpha value is 2.12. The van der Waals surface area contributed by atoms with E-state index in [0.717, 1.165) is 0 Å². The first kappa shape index (κ1) is 35.7. The summed E-state index contributed by atoms with van der Waals surface area (Å²) < 4.78 is 0. The molecule has 0 saturated carbocycles. The smallest absolute Gasteiger partial charge is 1.00 e. The molecule has 0 heterocycles. The zero-order chi connectivity index (χ0) is 0. The summed E-state index contributed by atoms with van der Waals surface area (Å²) in [4.78, 5) is 0. The molecule has 0 unspecified atom stereocenters. The van der Waals surface area contributed by atoms with Gasteiger partial charge in [-0.05, 0) is 0 Å². The van der Waals surface area contributed by atoms with Crippen molar-refractivity contribution in [3.05, 3.63) is 0 Å². The van der Waals surface area contributed by atoms with Crippen LogP contribution in [-0.2, 0) is 50.3 Å². The summed E-state index contributed by atoms with van der Waals surface area (Å²) in [5, 5.41) is 0. The molecule has 0 bridgehead atoms. The van der Waals surface area contributed by atoms with E-state index in [0.29, 0.717) is 0 Å². The minimum atomic E-state index is 0. The Balaban J connectivity index is 0. The molecular weight excluding hydrogens is 188 g/mol. The van der Waals surface area contributed by atoms with E-state index >= 15 is 0 Å². The minimum absolute atomic E-state index is 0. The van der Waals surface area contributed by atoms with Crippen LogP contribution < -0.4 is 18.9 Å². The quantitative estimate of drug-likeness (QED) is 0.359. The van der Waals surface area contributed by atoms with Crippen molar-refractivity contribution in [3.63, 3.8) is 0 Å². The van der Waals surface area contributed by atoms with Gasteiger partial charge in [-0.3, -0.25) is 0 Å². The molecule has 0 aromatic carbocycles. The zero-order valence-electron chi connectivity index (χ0n) is 2.95. The van der Waals surface area contributed by atoms with Gasteiger partial charge in [0, 0.05) is 50.3 Å². The third-order valence-electron chi connectivity index (χ3n) is 0. The van der Waals surface area contributed by atoms with Crippen molar-refractivity contribution in [2.45, 2.75) is 0 Å². The fourth-order valence-electron chi connectivity index (χ4n) is 0. The van der Waals surface area contributed by atoms with Crippen LogP contribution in [0.5, 0.6) is 0 Å². The summed E-state index contributed by atoms with van der Waals surface area (Å²) in [7, 11) is 0. The number of hydrogen-bond donors (Lipinski definition) is 0. The molecule has 0 aromatic rings. The molecule has 0 aromatic heterocycles. The van der Waals surface area contributed by atoms with Crippen LogP contribution in [0.3, 0.4) is 0 Å². The fraction of sp³-hybridized carbons (Fsp3) is 0. The predicted molar refractivity (Wildman–Crippen MR) is 1.11 cm³/mol. The van der Waals surface area contributed by atoms with E-state index in [1.165, 1.54) is 0 Å². The standard InChI is InChI=1S/Co.Cu.Li.Ni.H/q;;+1;;-1. The summed E-state index contributed by atoms with van der Waals surface area (Å²) in [5.74, 6) is 0. The molecule has 0 rings (SSSR count). The second-order valence-corrected chi connectivity index (χ2v) is 0. The van der Waals surface area contributed by atoms with Gasteiger partial charge in [-0.1, -0.05) is 0 Å².